The van der Waals surface area contributed by atoms with Crippen LogP contribution in [0.5, 0.6) is 0 Å². The van der Waals surface area contributed by atoms with Crippen LogP contribution in [0.2, 0.25) is 25.7 Å². The molecule has 0 saturated carbocycles. The van der Waals surface area contributed by atoms with Gasteiger partial charge in [-0.2, -0.15) is 0 Å². The van der Waals surface area contributed by atoms with Crippen LogP contribution in [0.15, 0.2) is 40.2 Å². The van der Waals surface area contributed by atoms with Crippen LogP contribution in [0.3, 0.4) is 0 Å². The number of hydrogen-bond acceptors (Lipinski definition) is 5. The van der Waals surface area contributed by atoms with Crippen molar-refractivity contribution in [2.75, 3.05) is 13.2 Å². The second-order valence-corrected chi connectivity index (χ2v) is 12.7. The Kier molecular flexibility index (Phi) is 6.46. The van der Waals surface area contributed by atoms with Crippen LogP contribution in [-0.2, 0) is 17.9 Å². The summed E-state index contributed by atoms with van der Waals surface area (Å²) in [5.74, 6) is 0. The number of pyridine rings is 1. The molecule has 0 fully saturated rings. The van der Waals surface area contributed by atoms with Gasteiger partial charge in [-0.25, -0.2) is 9.36 Å². The Labute approximate surface area is 147 Å². The molecule has 0 bridgehead atoms. The van der Waals surface area contributed by atoms with Crippen LogP contribution >= 0.6 is 0 Å². The van der Waals surface area contributed by atoms with Crippen LogP contribution in [0.4, 0.5) is 0 Å². The number of aromatic nitrogens is 3. The molecule has 25 heavy (non-hydrogen) atoms. The fourth-order valence-corrected chi connectivity index (χ4v) is 2.94. The molecule has 2 rings (SSSR count). The lowest BCUT2D eigenvalue weighted by molar-refractivity contribution is 0.0810. The summed E-state index contributed by atoms with van der Waals surface area (Å²) in [5, 5.41) is 8.93. The van der Waals surface area contributed by atoms with Gasteiger partial charge in [-0.15, -0.1) is 0 Å². The Morgan fingerprint density at radius 3 is 2.56 bits per heavy atom. The fourth-order valence-electron chi connectivity index (χ4n) is 2.19. The van der Waals surface area contributed by atoms with Crippen molar-refractivity contribution in [1.82, 2.24) is 14.1 Å². The van der Waals surface area contributed by atoms with E-state index in [0.29, 0.717) is 18.7 Å². The number of ether oxygens (including phenoxy) is 1. The quantitative estimate of drug-likeness (QED) is 0.563. The standard InChI is InChI=1S/C17H25N3O4Si/c1-25(2,3)11-10-24-13-20-16(22)6-8-19(17(20)23)15-5-4-14(7-9-21)18-12-15/h4-6,8,12,21H,7,9-11,13H2,1-3H3. The fraction of sp³-hybridized carbons (Fsp3) is 0.471. The molecule has 0 spiro atoms. The van der Waals surface area contributed by atoms with E-state index in [2.05, 4.69) is 24.6 Å². The van der Waals surface area contributed by atoms with Crippen LogP contribution in [0, 0.1) is 0 Å². The molecule has 0 saturated heterocycles. The van der Waals surface area contributed by atoms with Gasteiger partial charge in [0.2, 0.25) is 0 Å². The third kappa shape index (κ3) is 5.48. The van der Waals surface area contributed by atoms with Crippen LogP contribution < -0.4 is 11.2 Å². The first kappa shape index (κ1) is 19.3. The maximum absolute atomic E-state index is 12.6. The number of nitrogens with zero attached hydrogens (tertiary/aromatic N) is 3. The molecule has 0 atom stereocenters. The van der Waals surface area contributed by atoms with E-state index < -0.39 is 13.8 Å². The highest BCUT2D eigenvalue weighted by Crippen LogP contribution is 2.07. The lowest BCUT2D eigenvalue weighted by atomic mass is 10.2. The van der Waals surface area contributed by atoms with E-state index in [-0.39, 0.29) is 18.9 Å². The molecule has 0 aromatic carbocycles. The van der Waals surface area contributed by atoms with Gasteiger partial charge in [-0.3, -0.25) is 14.3 Å². The van der Waals surface area contributed by atoms with Gasteiger partial charge >= 0.3 is 5.69 Å². The van der Waals surface area contributed by atoms with Crippen LogP contribution in [-0.4, -0.2) is 40.5 Å². The Morgan fingerprint density at radius 1 is 1.20 bits per heavy atom. The van der Waals surface area contributed by atoms with Gasteiger partial charge in [0, 0.05) is 45.7 Å². The van der Waals surface area contributed by atoms with E-state index in [1.807, 2.05) is 0 Å². The molecular weight excluding hydrogens is 338 g/mol. The van der Waals surface area contributed by atoms with Crippen molar-refractivity contribution in [3.8, 4) is 5.69 Å². The topological polar surface area (TPSA) is 86.3 Å². The Hall–Kier alpha value is -2.03. The van der Waals surface area contributed by atoms with Crippen molar-refractivity contribution < 1.29 is 9.84 Å². The van der Waals surface area contributed by atoms with Crippen molar-refractivity contribution >= 4 is 8.07 Å². The highest BCUT2D eigenvalue weighted by molar-refractivity contribution is 6.76. The first-order chi connectivity index (χ1) is 11.8. The van der Waals surface area contributed by atoms with Crippen molar-refractivity contribution in [2.24, 2.45) is 0 Å². The van der Waals surface area contributed by atoms with E-state index in [0.717, 1.165) is 16.3 Å². The van der Waals surface area contributed by atoms with Crippen molar-refractivity contribution in [3.05, 3.63) is 57.1 Å². The summed E-state index contributed by atoms with van der Waals surface area (Å²) >= 11 is 0. The third-order valence-electron chi connectivity index (χ3n) is 3.74. The largest absolute Gasteiger partial charge is 0.396 e. The maximum Gasteiger partial charge on any atom is 0.337 e. The molecule has 8 heteroatoms. The smallest absolute Gasteiger partial charge is 0.337 e. The summed E-state index contributed by atoms with van der Waals surface area (Å²) < 4.78 is 7.98. The Balaban J connectivity index is 2.18. The predicted molar refractivity (Wildman–Crippen MR) is 99.0 cm³/mol. The molecule has 2 aromatic rings. The predicted octanol–water partition coefficient (Wildman–Crippen LogP) is 1.24. The summed E-state index contributed by atoms with van der Waals surface area (Å²) in [4.78, 5) is 28.8. The van der Waals surface area contributed by atoms with Gasteiger partial charge in [-0.1, -0.05) is 19.6 Å². The molecule has 0 aliphatic heterocycles. The maximum atomic E-state index is 12.6. The number of aliphatic hydroxyl groups is 1. The zero-order chi connectivity index (χ0) is 18.4. The van der Waals surface area contributed by atoms with Gasteiger partial charge in [0.05, 0.1) is 11.9 Å². The first-order valence-corrected chi connectivity index (χ1v) is 12.0. The minimum atomic E-state index is -1.22. The van der Waals surface area contributed by atoms with Crippen LogP contribution in [0.1, 0.15) is 5.69 Å². The van der Waals surface area contributed by atoms with Gasteiger partial charge in [0.1, 0.15) is 6.73 Å². The summed E-state index contributed by atoms with van der Waals surface area (Å²) in [7, 11) is -1.22. The second kappa shape index (κ2) is 8.37. The first-order valence-electron chi connectivity index (χ1n) is 8.28. The van der Waals surface area contributed by atoms with Crippen molar-refractivity contribution in [1.29, 1.82) is 0 Å². The molecule has 0 radical (unpaired) electrons. The SMILES string of the molecule is C[Si](C)(C)CCOCn1c(=O)ccn(-c2ccc(CCO)nc2)c1=O. The molecule has 0 aliphatic carbocycles. The van der Waals surface area contributed by atoms with E-state index in [4.69, 9.17) is 9.84 Å². The zero-order valence-corrected chi connectivity index (χ0v) is 15.9. The molecule has 1 N–H and O–H groups in total. The van der Waals surface area contributed by atoms with Crippen LogP contribution in [0.25, 0.3) is 5.69 Å². The average Bonchev–Trinajstić information content (AvgIpc) is 2.54. The Bertz CT molecular complexity index is 806. The van der Waals surface area contributed by atoms with E-state index in [1.165, 1.54) is 16.8 Å². The molecule has 0 aliphatic rings. The number of aliphatic hydroxyl groups excluding tert-OH is 1. The molecular formula is C17H25N3O4Si. The zero-order valence-electron chi connectivity index (χ0n) is 14.9. The second-order valence-electron chi connectivity index (χ2n) is 7.06. The van der Waals surface area contributed by atoms with Crippen molar-refractivity contribution in [2.45, 2.75) is 38.8 Å². The third-order valence-corrected chi connectivity index (χ3v) is 5.45. The van der Waals surface area contributed by atoms with Crippen molar-refractivity contribution in [3.63, 3.8) is 0 Å². The highest BCUT2D eigenvalue weighted by atomic mass is 28.3. The van der Waals surface area contributed by atoms with Gasteiger partial charge < -0.3 is 9.84 Å². The molecule has 2 aromatic heterocycles. The lowest BCUT2D eigenvalue weighted by Gasteiger charge is -2.16. The molecule has 136 valence electrons. The summed E-state index contributed by atoms with van der Waals surface area (Å²) in [5.41, 5.74) is 0.446. The van der Waals surface area contributed by atoms with E-state index in [9.17, 15) is 9.59 Å². The molecule has 0 unspecified atom stereocenters. The number of hydrogen-bond donors (Lipinski definition) is 1. The van der Waals surface area contributed by atoms with Gasteiger partial charge in [-0.05, 0) is 18.2 Å². The molecule has 2 heterocycles. The summed E-state index contributed by atoms with van der Waals surface area (Å²) in [6, 6.07) is 5.79. The minimum Gasteiger partial charge on any atom is -0.396 e. The monoisotopic (exact) mass is 363 g/mol. The van der Waals surface area contributed by atoms with Gasteiger partial charge in [0.25, 0.3) is 5.56 Å². The molecule has 7 nitrogen and oxygen atoms in total. The summed E-state index contributed by atoms with van der Waals surface area (Å²) in [6.07, 6.45) is 3.44. The van der Waals surface area contributed by atoms with E-state index >= 15 is 0 Å². The average molecular weight is 363 g/mol. The lowest BCUT2D eigenvalue weighted by Crippen LogP contribution is -2.39. The molecule has 0 amide bonds. The Morgan fingerprint density at radius 2 is 1.96 bits per heavy atom. The summed E-state index contributed by atoms with van der Waals surface area (Å²) in [6.45, 7) is 7.22. The normalized spacial score (nSPS) is 11.7. The highest BCUT2D eigenvalue weighted by Gasteiger charge is 2.13. The van der Waals surface area contributed by atoms with E-state index in [1.54, 1.807) is 18.3 Å². The van der Waals surface area contributed by atoms with Gasteiger partial charge in [0.15, 0.2) is 0 Å². The number of rotatable bonds is 8. The minimum absolute atomic E-state index is 0.0198.